The van der Waals surface area contributed by atoms with E-state index in [2.05, 4.69) is 13.0 Å². The Morgan fingerprint density at radius 3 is 2.59 bits per heavy atom. The van der Waals surface area contributed by atoms with Crippen LogP contribution in [0.2, 0.25) is 0 Å². The van der Waals surface area contributed by atoms with Gasteiger partial charge in [-0.15, -0.1) is 0 Å². The Morgan fingerprint density at radius 2 is 1.78 bits per heavy atom. The maximum Gasteiger partial charge on any atom is 0.312 e. The maximum absolute atomic E-state index is 12.7. The summed E-state index contributed by atoms with van der Waals surface area (Å²) in [6.07, 6.45) is 2.76. The summed E-state index contributed by atoms with van der Waals surface area (Å²) in [7, 11) is 0. The predicted octanol–water partition coefficient (Wildman–Crippen LogP) is 1.45. The highest BCUT2D eigenvalue weighted by atomic mass is 16.7. The first-order valence-electron chi connectivity index (χ1n) is 9.59. The Morgan fingerprint density at radius 1 is 1.04 bits per heavy atom. The van der Waals surface area contributed by atoms with E-state index in [0.717, 1.165) is 36.3 Å². The molecule has 0 bridgehead atoms. The van der Waals surface area contributed by atoms with Crippen molar-refractivity contribution in [2.75, 3.05) is 46.2 Å². The van der Waals surface area contributed by atoms with E-state index in [1.54, 1.807) is 9.80 Å². The van der Waals surface area contributed by atoms with Gasteiger partial charge in [0.25, 0.3) is 0 Å². The minimum absolute atomic E-state index is 0.0626. The lowest BCUT2D eigenvalue weighted by Gasteiger charge is -2.41. The van der Waals surface area contributed by atoms with Gasteiger partial charge < -0.3 is 24.0 Å². The van der Waals surface area contributed by atoms with Crippen molar-refractivity contribution in [1.82, 2.24) is 9.80 Å². The van der Waals surface area contributed by atoms with E-state index in [9.17, 15) is 9.59 Å². The number of amides is 2. The molecule has 2 fully saturated rings. The molecule has 1 unspecified atom stereocenters. The van der Waals surface area contributed by atoms with Gasteiger partial charge in [0.15, 0.2) is 11.5 Å². The minimum atomic E-state index is -0.398. The van der Waals surface area contributed by atoms with Gasteiger partial charge in [-0.05, 0) is 42.4 Å². The van der Waals surface area contributed by atoms with E-state index in [1.165, 1.54) is 0 Å². The lowest BCUT2D eigenvalue weighted by molar-refractivity contribution is -0.155. The number of ether oxygens (including phenoxy) is 3. The van der Waals surface area contributed by atoms with Crippen LogP contribution in [0.4, 0.5) is 0 Å². The zero-order valence-electron chi connectivity index (χ0n) is 15.7. The summed E-state index contributed by atoms with van der Waals surface area (Å²) in [6, 6.07) is 6.01. The fraction of sp³-hybridized carbons (Fsp3) is 0.600. The number of carbonyl (C=O) groups is 2. The van der Waals surface area contributed by atoms with Crippen molar-refractivity contribution in [2.24, 2.45) is 5.41 Å². The molecule has 0 N–H and O–H groups in total. The summed E-state index contributed by atoms with van der Waals surface area (Å²) < 4.78 is 16.1. The van der Waals surface area contributed by atoms with Crippen LogP contribution >= 0.6 is 0 Å². The molecule has 4 rings (SSSR count). The molecular formula is C20H26N2O5. The lowest BCUT2D eigenvalue weighted by atomic mass is 9.77. The molecule has 3 aliphatic heterocycles. The molecule has 7 nitrogen and oxygen atoms in total. The Balaban J connectivity index is 1.42. The molecule has 2 amide bonds. The van der Waals surface area contributed by atoms with Gasteiger partial charge in [-0.3, -0.25) is 9.59 Å². The minimum Gasteiger partial charge on any atom is -0.454 e. The van der Waals surface area contributed by atoms with Crippen molar-refractivity contribution >= 4 is 11.8 Å². The van der Waals surface area contributed by atoms with Crippen molar-refractivity contribution in [3.05, 3.63) is 23.8 Å². The number of carbonyl (C=O) groups excluding carboxylic acids is 2. The summed E-state index contributed by atoms with van der Waals surface area (Å²) in [5, 5.41) is 0. The molecule has 146 valence electrons. The van der Waals surface area contributed by atoms with Gasteiger partial charge in [-0.25, -0.2) is 0 Å². The van der Waals surface area contributed by atoms with E-state index >= 15 is 0 Å². The van der Waals surface area contributed by atoms with Crippen LogP contribution < -0.4 is 9.47 Å². The number of hydrogen-bond donors (Lipinski definition) is 0. The van der Waals surface area contributed by atoms with Crippen LogP contribution in [0.15, 0.2) is 18.2 Å². The monoisotopic (exact) mass is 374 g/mol. The van der Waals surface area contributed by atoms with Crippen LogP contribution in [0.25, 0.3) is 0 Å². The quantitative estimate of drug-likeness (QED) is 0.733. The van der Waals surface area contributed by atoms with Gasteiger partial charge in [-0.1, -0.05) is 13.0 Å². The average Bonchev–Trinajstić information content (AvgIpc) is 3.15. The highest BCUT2D eigenvalue weighted by Gasteiger charge is 2.37. The second-order valence-electron chi connectivity index (χ2n) is 7.91. The highest BCUT2D eigenvalue weighted by Crippen LogP contribution is 2.37. The molecule has 0 radical (unpaired) electrons. The molecule has 1 atom stereocenters. The SMILES string of the molecule is CC1(Cc2ccc3c(c2)OCO3)CCCN(C(=O)C(=O)N2CCOCC2)C1. The molecule has 3 heterocycles. The predicted molar refractivity (Wildman–Crippen MR) is 97.6 cm³/mol. The van der Waals surface area contributed by atoms with Crippen molar-refractivity contribution in [2.45, 2.75) is 26.2 Å². The number of likely N-dealkylation sites (tertiary alicyclic amines) is 1. The van der Waals surface area contributed by atoms with Gasteiger partial charge in [-0.2, -0.15) is 0 Å². The molecule has 0 spiro atoms. The third kappa shape index (κ3) is 3.88. The second-order valence-corrected chi connectivity index (χ2v) is 7.91. The molecule has 0 saturated carbocycles. The Kier molecular flexibility index (Phi) is 4.95. The summed E-state index contributed by atoms with van der Waals surface area (Å²) in [4.78, 5) is 28.6. The molecule has 1 aromatic rings. The summed E-state index contributed by atoms with van der Waals surface area (Å²) in [6.45, 7) is 5.68. The average molecular weight is 374 g/mol. The first-order chi connectivity index (χ1) is 13.0. The van der Waals surface area contributed by atoms with Gasteiger partial charge in [0.2, 0.25) is 6.79 Å². The highest BCUT2D eigenvalue weighted by molar-refractivity contribution is 6.34. The number of morpholine rings is 1. The lowest BCUT2D eigenvalue weighted by Crippen LogP contribution is -2.53. The standard InChI is InChI=1S/C20H26N2O5/c1-20(12-15-3-4-16-17(11-15)27-14-26-16)5-2-6-22(13-20)19(24)18(23)21-7-9-25-10-8-21/h3-4,11H,2,5-10,12-14H2,1H3. The third-order valence-corrected chi connectivity index (χ3v) is 5.62. The summed E-state index contributed by atoms with van der Waals surface area (Å²) in [5.41, 5.74) is 1.10. The number of benzene rings is 1. The number of fused-ring (bicyclic) bond motifs is 1. The normalized spacial score (nSPS) is 24.8. The Labute approximate surface area is 159 Å². The van der Waals surface area contributed by atoms with Crippen LogP contribution in [0, 0.1) is 5.41 Å². The summed E-state index contributed by atoms with van der Waals surface area (Å²) in [5.74, 6) is 0.780. The number of nitrogens with zero attached hydrogens (tertiary/aromatic N) is 2. The number of rotatable bonds is 2. The fourth-order valence-corrected chi connectivity index (χ4v) is 4.21. The van der Waals surface area contributed by atoms with Crippen molar-refractivity contribution < 1.29 is 23.8 Å². The maximum atomic E-state index is 12.7. The molecule has 0 aliphatic carbocycles. The molecular weight excluding hydrogens is 348 g/mol. The third-order valence-electron chi connectivity index (χ3n) is 5.62. The van der Waals surface area contributed by atoms with Gasteiger partial charge in [0, 0.05) is 26.2 Å². The van der Waals surface area contributed by atoms with E-state index in [0.29, 0.717) is 39.4 Å². The number of piperidine rings is 1. The fourth-order valence-electron chi connectivity index (χ4n) is 4.21. The molecule has 1 aromatic carbocycles. The van der Waals surface area contributed by atoms with Crippen molar-refractivity contribution in [3.8, 4) is 11.5 Å². The van der Waals surface area contributed by atoms with Crippen LogP contribution in [-0.2, 0) is 20.7 Å². The molecule has 2 saturated heterocycles. The topological polar surface area (TPSA) is 68.3 Å². The van der Waals surface area contributed by atoms with E-state index < -0.39 is 5.91 Å². The zero-order valence-corrected chi connectivity index (χ0v) is 15.7. The largest absolute Gasteiger partial charge is 0.454 e. The number of hydrogen-bond acceptors (Lipinski definition) is 5. The van der Waals surface area contributed by atoms with Crippen LogP contribution in [0.5, 0.6) is 11.5 Å². The Bertz CT molecular complexity index is 731. The first-order valence-corrected chi connectivity index (χ1v) is 9.59. The Hall–Kier alpha value is -2.28. The van der Waals surface area contributed by atoms with Crippen LogP contribution in [-0.4, -0.2) is 67.8 Å². The summed E-state index contributed by atoms with van der Waals surface area (Å²) >= 11 is 0. The smallest absolute Gasteiger partial charge is 0.312 e. The van der Waals surface area contributed by atoms with Gasteiger partial charge in [0.05, 0.1) is 13.2 Å². The zero-order chi connectivity index (χ0) is 18.9. The van der Waals surface area contributed by atoms with E-state index in [4.69, 9.17) is 14.2 Å². The van der Waals surface area contributed by atoms with Crippen molar-refractivity contribution in [1.29, 1.82) is 0 Å². The molecule has 7 heteroatoms. The van der Waals surface area contributed by atoms with Crippen LogP contribution in [0.3, 0.4) is 0 Å². The van der Waals surface area contributed by atoms with Crippen molar-refractivity contribution in [3.63, 3.8) is 0 Å². The molecule has 27 heavy (non-hydrogen) atoms. The molecule has 3 aliphatic rings. The van der Waals surface area contributed by atoms with Crippen LogP contribution in [0.1, 0.15) is 25.3 Å². The van der Waals surface area contributed by atoms with Gasteiger partial charge >= 0.3 is 11.8 Å². The first kappa shape index (κ1) is 18.1. The van der Waals surface area contributed by atoms with E-state index in [-0.39, 0.29) is 18.1 Å². The van der Waals surface area contributed by atoms with E-state index in [1.807, 2.05) is 12.1 Å². The second kappa shape index (κ2) is 7.38. The van der Waals surface area contributed by atoms with Gasteiger partial charge in [0.1, 0.15) is 0 Å². The molecule has 0 aromatic heterocycles.